The molecule has 0 saturated carbocycles. The van der Waals surface area contributed by atoms with E-state index in [0.29, 0.717) is 0 Å². The number of nitriles is 1. The van der Waals surface area contributed by atoms with Crippen LogP contribution in [0, 0.1) is 11.3 Å². The first-order valence-corrected chi connectivity index (χ1v) is 4.32. The van der Waals surface area contributed by atoms with Crippen molar-refractivity contribution >= 4 is 5.97 Å². The molecule has 1 rings (SSSR count). The molecule has 0 saturated heterocycles. The highest BCUT2D eigenvalue weighted by molar-refractivity contribution is 5.73. The third-order valence-corrected chi connectivity index (χ3v) is 1.94. The van der Waals surface area contributed by atoms with Crippen LogP contribution >= 0.6 is 0 Å². The summed E-state index contributed by atoms with van der Waals surface area (Å²) in [6, 6.07) is 2.88. The number of carbonyl (C=O) groups excluding carboxylic acids is 1. The van der Waals surface area contributed by atoms with Gasteiger partial charge in [-0.2, -0.15) is 5.26 Å². The highest BCUT2D eigenvalue weighted by atomic mass is 19.3. The van der Waals surface area contributed by atoms with E-state index in [2.05, 4.69) is 9.72 Å². The first kappa shape index (κ1) is 12.0. The van der Waals surface area contributed by atoms with Crippen LogP contribution in [0.4, 0.5) is 8.78 Å². The van der Waals surface area contributed by atoms with Gasteiger partial charge < -0.3 is 4.74 Å². The fraction of sp³-hybridized carbons (Fsp3) is 0.300. The predicted molar refractivity (Wildman–Crippen MR) is 49.6 cm³/mol. The highest BCUT2D eigenvalue weighted by Gasteiger charge is 2.16. The third-order valence-electron chi connectivity index (χ3n) is 1.94. The molecule has 0 N–H and O–H groups in total. The molecule has 1 heterocycles. The van der Waals surface area contributed by atoms with Crippen molar-refractivity contribution < 1.29 is 18.3 Å². The van der Waals surface area contributed by atoms with Crippen molar-refractivity contribution in [2.45, 2.75) is 12.8 Å². The molecule has 0 aromatic carbocycles. The van der Waals surface area contributed by atoms with Gasteiger partial charge in [-0.1, -0.05) is 0 Å². The number of hydrogen-bond donors (Lipinski definition) is 0. The van der Waals surface area contributed by atoms with Gasteiger partial charge in [-0.3, -0.25) is 4.79 Å². The monoisotopic (exact) mass is 226 g/mol. The Labute approximate surface area is 90.5 Å². The van der Waals surface area contributed by atoms with E-state index < -0.39 is 12.4 Å². The maximum Gasteiger partial charge on any atom is 0.309 e. The number of esters is 1. The Kier molecular flexibility index (Phi) is 3.89. The number of alkyl halides is 2. The molecule has 16 heavy (non-hydrogen) atoms. The lowest BCUT2D eigenvalue weighted by Crippen LogP contribution is -2.08. The van der Waals surface area contributed by atoms with E-state index in [1.54, 1.807) is 6.07 Å². The van der Waals surface area contributed by atoms with Crippen LogP contribution in [0.3, 0.4) is 0 Å². The van der Waals surface area contributed by atoms with Crippen molar-refractivity contribution in [3.63, 3.8) is 0 Å². The Morgan fingerprint density at radius 1 is 1.69 bits per heavy atom. The largest absolute Gasteiger partial charge is 0.469 e. The summed E-state index contributed by atoms with van der Waals surface area (Å²) in [5.74, 6) is -0.642. The number of methoxy groups -OCH3 is 1. The third kappa shape index (κ3) is 2.73. The van der Waals surface area contributed by atoms with Gasteiger partial charge in [-0.25, -0.2) is 13.8 Å². The van der Waals surface area contributed by atoms with Gasteiger partial charge in [0.15, 0.2) is 0 Å². The van der Waals surface area contributed by atoms with Crippen molar-refractivity contribution in [1.29, 1.82) is 5.26 Å². The summed E-state index contributed by atoms with van der Waals surface area (Å²) in [5, 5.41) is 8.57. The van der Waals surface area contributed by atoms with E-state index in [1.165, 1.54) is 6.07 Å². The quantitative estimate of drug-likeness (QED) is 0.734. The van der Waals surface area contributed by atoms with Gasteiger partial charge in [0.2, 0.25) is 0 Å². The summed E-state index contributed by atoms with van der Waals surface area (Å²) in [7, 11) is 1.16. The van der Waals surface area contributed by atoms with E-state index in [1.807, 2.05) is 0 Å². The van der Waals surface area contributed by atoms with Crippen LogP contribution < -0.4 is 0 Å². The standard InChI is InChI=1S/C10H8F2N2O2/c1-16-9(15)3-6-2-7(4-13)14-5-8(6)10(11)12/h2,5,10H,3H2,1H3. The lowest BCUT2D eigenvalue weighted by molar-refractivity contribution is -0.139. The maximum atomic E-state index is 12.5. The normalized spacial score (nSPS) is 9.94. The molecule has 0 unspecified atom stereocenters. The van der Waals surface area contributed by atoms with E-state index >= 15 is 0 Å². The summed E-state index contributed by atoms with van der Waals surface area (Å²) in [6.45, 7) is 0. The van der Waals surface area contributed by atoms with E-state index in [4.69, 9.17) is 5.26 Å². The molecular weight excluding hydrogens is 218 g/mol. The van der Waals surface area contributed by atoms with Gasteiger partial charge in [-0.05, 0) is 11.6 Å². The summed E-state index contributed by atoms with van der Waals surface area (Å²) in [4.78, 5) is 14.5. The minimum Gasteiger partial charge on any atom is -0.469 e. The Hall–Kier alpha value is -2.03. The fourth-order valence-corrected chi connectivity index (χ4v) is 1.15. The molecule has 0 spiro atoms. The van der Waals surface area contributed by atoms with Gasteiger partial charge >= 0.3 is 5.97 Å². The molecule has 0 fully saturated rings. The maximum absolute atomic E-state index is 12.5. The predicted octanol–water partition coefficient (Wildman–Crippen LogP) is 1.61. The van der Waals surface area contributed by atoms with Crippen LogP contribution in [0.15, 0.2) is 12.3 Å². The highest BCUT2D eigenvalue weighted by Crippen LogP contribution is 2.23. The number of rotatable bonds is 3. The Balaban J connectivity index is 3.11. The number of aromatic nitrogens is 1. The topological polar surface area (TPSA) is 63.0 Å². The SMILES string of the molecule is COC(=O)Cc1cc(C#N)ncc1C(F)F. The number of nitrogens with zero attached hydrogens (tertiary/aromatic N) is 2. The number of ether oxygens (including phenoxy) is 1. The zero-order valence-electron chi connectivity index (χ0n) is 8.41. The minimum absolute atomic E-state index is 0.0108. The Morgan fingerprint density at radius 2 is 2.38 bits per heavy atom. The molecule has 4 nitrogen and oxygen atoms in total. The summed E-state index contributed by atoms with van der Waals surface area (Å²) < 4.78 is 29.5. The zero-order valence-corrected chi connectivity index (χ0v) is 8.41. The molecule has 0 atom stereocenters. The smallest absolute Gasteiger partial charge is 0.309 e. The van der Waals surface area contributed by atoms with Crippen LogP contribution in [0.5, 0.6) is 0 Å². The molecule has 6 heteroatoms. The molecule has 84 valence electrons. The van der Waals surface area contributed by atoms with Crippen LogP contribution in [0.2, 0.25) is 0 Å². The van der Waals surface area contributed by atoms with Gasteiger partial charge in [0, 0.05) is 11.8 Å². The summed E-state index contributed by atoms with van der Waals surface area (Å²) in [5.41, 5.74) is -0.305. The molecule has 0 amide bonds. The number of pyridine rings is 1. The second-order valence-electron chi connectivity index (χ2n) is 2.93. The first-order chi connectivity index (χ1) is 7.58. The molecule has 0 aliphatic heterocycles. The Bertz CT molecular complexity index is 441. The zero-order chi connectivity index (χ0) is 12.1. The average Bonchev–Trinajstić information content (AvgIpc) is 2.28. The van der Waals surface area contributed by atoms with Gasteiger partial charge in [-0.15, -0.1) is 0 Å². The molecule has 1 aromatic heterocycles. The molecule has 0 aliphatic carbocycles. The lowest BCUT2D eigenvalue weighted by atomic mass is 10.1. The summed E-state index contributed by atoms with van der Waals surface area (Å²) in [6.07, 6.45) is -2.13. The molecular formula is C10H8F2N2O2. The van der Waals surface area contributed by atoms with Crippen LogP contribution in [-0.4, -0.2) is 18.1 Å². The van der Waals surface area contributed by atoms with Crippen molar-refractivity contribution in [3.8, 4) is 6.07 Å². The first-order valence-electron chi connectivity index (χ1n) is 4.32. The van der Waals surface area contributed by atoms with E-state index in [0.717, 1.165) is 13.3 Å². The lowest BCUT2D eigenvalue weighted by Gasteiger charge is -2.07. The minimum atomic E-state index is -2.74. The molecule has 0 aliphatic rings. The fourth-order valence-electron chi connectivity index (χ4n) is 1.15. The second kappa shape index (κ2) is 5.16. The number of halogens is 2. The van der Waals surface area contributed by atoms with Gasteiger partial charge in [0.1, 0.15) is 11.8 Å². The van der Waals surface area contributed by atoms with Crippen LogP contribution in [0.1, 0.15) is 23.2 Å². The van der Waals surface area contributed by atoms with Crippen molar-refractivity contribution in [3.05, 3.63) is 29.1 Å². The number of hydrogen-bond acceptors (Lipinski definition) is 4. The summed E-state index contributed by atoms with van der Waals surface area (Å²) >= 11 is 0. The van der Waals surface area contributed by atoms with Gasteiger partial charge in [0.25, 0.3) is 6.43 Å². The molecule has 0 bridgehead atoms. The van der Waals surface area contributed by atoms with Crippen molar-refractivity contribution in [2.24, 2.45) is 0 Å². The van der Waals surface area contributed by atoms with Crippen LogP contribution in [-0.2, 0) is 16.0 Å². The second-order valence-corrected chi connectivity index (χ2v) is 2.93. The van der Waals surface area contributed by atoms with E-state index in [-0.39, 0.29) is 23.2 Å². The average molecular weight is 226 g/mol. The Morgan fingerprint density at radius 3 is 2.88 bits per heavy atom. The van der Waals surface area contributed by atoms with Crippen molar-refractivity contribution in [1.82, 2.24) is 4.98 Å². The molecule has 1 aromatic rings. The van der Waals surface area contributed by atoms with Crippen LogP contribution in [0.25, 0.3) is 0 Å². The van der Waals surface area contributed by atoms with E-state index in [9.17, 15) is 13.6 Å². The van der Waals surface area contributed by atoms with Gasteiger partial charge in [0.05, 0.1) is 13.5 Å². The van der Waals surface area contributed by atoms with Crippen molar-refractivity contribution in [2.75, 3.05) is 7.11 Å². The number of carbonyl (C=O) groups is 1. The molecule has 0 radical (unpaired) electrons.